The Balaban J connectivity index is 1.78. The van der Waals surface area contributed by atoms with E-state index >= 15 is 0 Å². The van der Waals surface area contributed by atoms with Gasteiger partial charge in [-0.25, -0.2) is 0 Å². The van der Waals surface area contributed by atoms with Gasteiger partial charge in [0.25, 0.3) is 0 Å². The van der Waals surface area contributed by atoms with Gasteiger partial charge in [-0.05, 0) is 24.6 Å². The first-order valence-electron chi connectivity index (χ1n) is 6.55. The summed E-state index contributed by atoms with van der Waals surface area (Å²) in [5.74, 6) is 0. The van der Waals surface area contributed by atoms with Gasteiger partial charge < -0.3 is 5.32 Å². The largest absolute Gasteiger partial charge is 0.379 e. The summed E-state index contributed by atoms with van der Waals surface area (Å²) in [6, 6.07) is 8.16. The zero-order valence-corrected chi connectivity index (χ0v) is 10.9. The number of nitrogens with zero attached hydrogens (tertiary/aromatic N) is 3. The van der Waals surface area contributed by atoms with E-state index in [-0.39, 0.29) is 0 Å². The third kappa shape index (κ3) is 2.31. The lowest BCUT2D eigenvalue weighted by molar-refractivity contribution is 0.578. The standard InChI is InChI=1S/C14H17N5/c1-2-8-19-11(6-7-17-19)9-15-13-4-3-5-14-12(13)10-16-18-14/h3-7,10,15H,2,8-9H2,1H3,(H,16,18). The smallest absolute Gasteiger partial charge is 0.0671 e. The Morgan fingerprint density at radius 2 is 2.26 bits per heavy atom. The molecule has 0 aliphatic rings. The Morgan fingerprint density at radius 1 is 1.32 bits per heavy atom. The molecule has 2 aromatic heterocycles. The van der Waals surface area contributed by atoms with E-state index in [1.165, 1.54) is 5.69 Å². The number of aryl methyl sites for hydroxylation is 1. The second-order valence-electron chi connectivity index (χ2n) is 4.54. The molecule has 0 aliphatic carbocycles. The number of hydrogen-bond donors (Lipinski definition) is 2. The third-order valence-corrected chi connectivity index (χ3v) is 3.18. The van der Waals surface area contributed by atoms with Crippen molar-refractivity contribution in [2.45, 2.75) is 26.4 Å². The van der Waals surface area contributed by atoms with Gasteiger partial charge in [0.05, 0.1) is 24.0 Å². The number of rotatable bonds is 5. The molecule has 3 aromatic rings. The van der Waals surface area contributed by atoms with E-state index in [2.05, 4.69) is 39.7 Å². The molecule has 2 heterocycles. The number of aromatic nitrogens is 4. The minimum Gasteiger partial charge on any atom is -0.379 e. The van der Waals surface area contributed by atoms with Gasteiger partial charge in [0.2, 0.25) is 0 Å². The summed E-state index contributed by atoms with van der Waals surface area (Å²) in [6.07, 6.45) is 4.79. The molecule has 0 unspecified atom stereocenters. The first kappa shape index (κ1) is 11.8. The van der Waals surface area contributed by atoms with Crippen LogP contribution in [0.25, 0.3) is 10.9 Å². The maximum atomic E-state index is 4.33. The van der Waals surface area contributed by atoms with Crippen LogP contribution in [0.5, 0.6) is 0 Å². The molecule has 5 heteroatoms. The molecule has 0 fully saturated rings. The highest BCUT2D eigenvalue weighted by molar-refractivity contribution is 5.90. The van der Waals surface area contributed by atoms with Crippen molar-refractivity contribution in [3.05, 3.63) is 42.4 Å². The van der Waals surface area contributed by atoms with Crippen LogP contribution < -0.4 is 5.32 Å². The van der Waals surface area contributed by atoms with E-state index in [4.69, 9.17) is 0 Å². The van der Waals surface area contributed by atoms with E-state index < -0.39 is 0 Å². The number of anilines is 1. The lowest BCUT2D eigenvalue weighted by atomic mass is 10.2. The molecule has 5 nitrogen and oxygen atoms in total. The van der Waals surface area contributed by atoms with E-state index in [0.717, 1.165) is 36.1 Å². The molecule has 2 N–H and O–H groups in total. The fraction of sp³-hybridized carbons (Fsp3) is 0.286. The summed E-state index contributed by atoms with van der Waals surface area (Å²) in [5, 5.41) is 15.9. The van der Waals surface area contributed by atoms with Crippen molar-refractivity contribution in [3.8, 4) is 0 Å². The minimum atomic E-state index is 0.768. The molecular formula is C14H17N5. The van der Waals surface area contributed by atoms with E-state index in [0.29, 0.717) is 0 Å². The van der Waals surface area contributed by atoms with Crippen molar-refractivity contribution < 1.29 is 0 Å². The number of fused-ring (bicyclic) bond motifs is 1. The fourth-order valence-electron chi connectivity index (χ4n) is 2.23. The number of hydrogen-bond acceptors (Lipinski definition) is 3. The van der Waals surface area contributed by atoms with Crippen LogP contribution in [0.15, 0.2) is 36.7 Å². The molecule has 0 saturated heterocycles. The van der Waals surface area contributed by atoms with Crippen molar-refractivity contribution in [2.75, 3.05) is 5.32 Å². The summed E-state index contributed by atoms with van der Waals surface area (Å²) in [7, 11) is 0. The second-order valence-corrected chi connectivity index (χ2v) is 4.54. The topological polar surface area (TPSA) is 58.5 Å². The van der Waals surface area contributed by atoms with E-state index in [1.54, 1.807) is 0 Å². The van der Waals surface area contributed by atoms with Crippen LogP contribution in [-0.4, -0.2) is 20.0 Å². The highest BCUT2D eigenvalue weighted by Crippen LogP contribution is 2.21. The van der Waals surface area contributed by atoms with Crippen molar-refractivity contribution in [1.29, 1.82) is 0 Å². The number of H-pyrrole nitrogens is 1. The van der Waals surface area contributed by atoms with Crippen LogP contribution in [-0.2, 0) is 13.1 Å². The first-order valence-corrected chi connectivity index (χ1v) is 6.55. The quantitative estimate of drug-likeness (QED) is 0.737. The van der Waals surface area contributed by atoms with Gasteiger partial charge in [-0.2, -0.15) is 10.2 Å². The van der Waals surface area contributed by atoms with Gasteiger partial charge in [0.1, 0.15) is 0 Å². The molecule has 0 atom stereocenters. The normalized spacial score (nSPS) is 11.0. The van der Waals surface area contributed by atoms with Gasteiger partial charge in [0, 0.05) is 23.8 Å². The summed E-state index contributed by atoms with van der Waals surface area (Å²) in [4.78, 5) is 0. The Labute approximate surface area is 111 Å². The van der Waals surface area contributed by atoms with E-state index in [9.17, 15) is 0 Å². The van der Waals surface area contributed by atoms with Crippen molar-refractivity contribution in [3.63, 3.8) is 0 Å². The molecule has 0 amide bonds. The molecule has 0 bridgehead atoms. The van der Waals surface area contributed by atoms with Gasteiger partial charge in [-0.15, -0.1) is 0 Å². The van der Waals surface area contributed by atoms with Gasteiger partial charge >= 0.3 is 0 Å². The van der Waals surface area contributed by atoms with Crippen LogP contribution in [0.2, 0.25) is 0 Å². The average Bonchev–Trinajstić information content (AvgIpc) is 3.05. The Kier molecular flexibility index (Phi) is 3.18. The van der Waals surface area contributed by atoms with Crippen LogP contribution >= 0.6 is 0 Å². The summed E-state index contributed by atoms with van der Waals surface area (Å²) < 4.78 is 2.04. The molecule has 0 aliphatic heterocycles. The average molecular weight is 255 g/mol. The van der Waals surface area contributed by atoms with Crippen molar-refractivity contribution in [2.24, 2.45) is 0 Å². The molecule has 19 heavy (non-hydrogen) atoms. The van der Waals surface area contributed by atoms with Crippen LogP contribution in [0.1, 0.15) is 19.0 Å². The number of benzene rings is 1. The monoisotopic (exact) mass is 255 g/mol. The summed E-state index contributed by atoms with van der Waals surface area (Å²) in [6.45, 7) is 3.88. The highest BCUT2D eigenvalue weighted by Gasteiger charge is 2.04. The minimum absolute atomic E-state index is 0.768. The molecule has 0 spiro atoms. The Bertz CT molecular complexity index is 667. The Morgan fingerprint density at radius 3 is 3.16 bits per heavy atom. The maximum absolute atomic E-state index is 4.33. The predicted octanol–water partition coefficient (Wildman–Crippen LogP) is 2.78. The summed E-state index contributed by atoms with van der Waals surface area (Å²) >= 11 is 0. The van der Waals surface area contributed by atoms with Gasteiger partial charge in [-0.1, -0.05) is 13.0 Å². The predicted molar refractivity (Wildman–Crippen MR) is 75.9 cm³/mol. The van der Waals surface area contributed by atoms with E-state index in [1.807, 2.05) is 29.2 Å². The lowest BCUT2D eigenvalue weighted by Gasteiger charge is -2.09. The van der Waals surface area contributed by atoms with Crippen LogP contribution in [0.3, 0.4) is 0 Å². The van der Waals surface area contributed by atoms with Crippen molar-refractivity contribution >= 4 is 16.6 Å². The van der Waals surface area contributed by atoms with Gasteiger partial charge in [-0.3, -0.25) is 9.78 Å². The third-order valence-electron chi connectivity index (χ3n) is 3.18. The zero-order valence-electron chi connectivity index (χ0n) is 10.9. The summed E-state index contributed by atoms with van der Waals surface area (Å²) in [5.41, 5.74) is 3.34. The number of aromatic amines is 1. The maximum Gasteiger partial charge on any atom is 0.0671 e. The first-order chi connectivity index (χ1) is 9.38. The fourth-order valence-corrected chi connectivity index (χ4v) is 2.23. The lowest BCUT2D eigenvalue weighted by Crippen LogP contribution is -2.08. The molecule has 98 valence electrons. The molecule has 1 aromatic carbocycles. The molecule has 0 radical (unpaired) electrons. The van der Waals surface area contributed by atoms with Crippen LogP contribution in [0, 0.1) is 0 Å². The second kappa shape index (κ2) is 5.14. The number of nitrogens with one attached hydrogen (secondary N) is 2. The molecule has 3 rings (SSSR count). The zero-order chi connectivity index (χ0) is 13.1. The Hall–Kier alpha value is -2.30. The van der Waals surface area contributed by atoms with Gasteiger partial charge in [0.15, 0.2) is 0 Å². The van der Waals surface area contributed by atoms with Crippen molar-refractivity contribution in [1.82, 2.24) is 20.0 Å². The highest BCUT2D eigenvalue weighted by atomic mass is 15.3. The van der Waals surface area contributed by atoms with Crippen LogP contribution in [0.4, 0.5) is 5.69 Å². The molecular weight excluding hydrogens is 238 g/mol. The molecule has 0 saturated carbocycles. The SMILES string of the molecule is CCCn1nccc1CNc1cccc2[nH]ncc12.